The number of nitrogens with two attached hydrogens (primary N) is 1. The Morgan fingerprint density at radius 1 is 1.11 bits per heavy atom. The second-order valence-corrected chi connectivity index (χ2v) is 10.5. The van der Waals surface area contributed by atoms with E-state index in [4.69, 9.17) is 10.5 Å². The predicted octanol–water partition coefficient (Wildman–Crippen LogP) is 3.49. The molecule has 0 spiro atoms. The molecule has 1 aliphatic rings. The van der Waals surface area contributed by atoms with Crippen molar-refractivity contribution in [3.8, 4) is 0 Å². The molecule has 1 aromatic carbocycles. The van der Waals surface area contributed by atoms with E-state index >= 15 is 0 Å². The van der Waals surface area contributed by atoms with Crippen molar-refractivity contribution in [1.29, 1.82) is 0 Å². The molecule has 200 valence electrons. The number of aryl methyl sites for hydroxylation is 1. The Labute approximate surface area is 214 Å². The summed E-state index contributed by atoms with van der Waals surface area (Å²) in [7, 11) is 0. The third-order valence-electron chi connectivity index (χ3n) is 6.14. The lowest BCUT2D eigenvalue weighted by atomic mass is 9.93. The molecule has 0 aliphatic heterocycles. The van der Waals surface area contributed by atoms with Gasteiger partial charge in [-0.25, -0.2) is 4.79 Å². The average molecular weight is 503 g/mol. The van der Waals surface area contributed by atoms with E-state index in [9.17, 15) is 19.2 Å². The van der Waals surface area contributed by atoms with Gasteiger partial charge in [0.2, 0.25) is 17.7 Å². The van der Waals surface area contributed by atoms with Gasteiger partial charge < -0.3 is 26.0 Å². The summed E-state index contributed by atoms with van der Waals surface area (Å²) in [4.78, 5) is 53.4. The number of hydrogen-bond donors (Lipinski definition) is 3. The van der Waals surface area contributed by atoms with E-state index in [1.807, 2.05) is 38.1 Å². The number of ether oxygens (including phenoxy) is 1. The summed E-state index contributed by atoms with van der Waals surface area (Å²) in [6, 6.07) is 5.30. The van der Waals surface area contributed by atoms with Gasteiger partial charge in [0.05, 0.1) is 6.42 Å². The first kappa shape index (κ1) is 29.1. The number of hydrogen-bond acceptors (Lipinski definition) is 5. The molecular weight excluding hydrogens is 460 g/mol. The van der Waals surface area contributed by atoms with Crippen molar-refractivity contribution in [1.82, 2.24) is 15.5 Å². The Morgan fingerprint density at radius 3 is 2.31 bits per heavy atom. The largest absolute Gasteiger partial charge is 0.444 e. The first-order valence-corrected chi connectivity index (χ1v) is 12.9. The number of nitrogens with zero attached hydrogens (tertiary/aromatic N) is 1. The molecule has 1 fully saturated rings. The molecule has 1 aliphatic carbocycles. The molecular formula is C27H42N4O5. The van der Waals surface area contributed by atoms with Crippen LogP contribution in [-0.2, 0) is 19.1 Å². The number of alkyl carbamates (subject to hydrolysis) is 1. The van der Waals surface area contributed by atoms with E-state index < -0.39 is 42.0 Å². The van der Waals surface area contributed by atoms with Gasteiger partial charge in [-0.2, -0.15) is 0 Å². The summed E-state index contributed by atoms with van der Waals surface area (Å²) in [6.45, 7) is 9.14. The molecule has 0 radical (unpaired) electrons. The molecule has 36 heavy (non-hydrogen) atoms. The van der Waals surface area contributed by atoms with Crippen LogP contribution in [0.1, 0.15) is 89.8 Å². The van der Waals surface area contributed by atoms with Crippen molar-refractivity contribution in [2.45, 2.75) is 103 Å². The van der Waals surface area contributed by atoms with Crippen LogP contribution in [0.15, 0.2) is 24.3 Å². The Hall–Kier alpha value is -3.10. The fraction of sp³-hybridized carbons (Fsp3) is 0.630. The van der Waals surface area contributed by atoms with Crippen molar-refractivity contribution in [2.75, 3.05) is 6.54 Å². The number of carbonyl (C=O) groups excluding carboxylic acids is 4. The lowest BCUT2D eigenvalue weighted by Crippen LogP contribution is -2.55. The number of carbonyl (C=O) groups is 4. The summed E-state index contributed by atoms with van der Waals surface area (Å²) in [6.07, 6.45) is 4.38. The Kier molecular flexibility index (Phi) is 10.7. The number of primary amides is 1. The number of benzene rings is 1. The van der Waals surface area contributed by atoms with Crippen LogP contribution in [0.2, 0.25) is 0 Å². The number of amides is 4. The summed E-state index contributed by atoms with van der Waals surface area (Å²) in [5.41, 5.74) is 6.19. The minimum Gasteiger partial charge on any atom is -0.444 e. The second-order valence-electron chi connectivity index (χ2n) is 10.5. The SMILES string of the molecule is CCCN(C(=O)C(CC(N)=O)NC(=O)OC(C)(C)C)C(C(=O)NC1CCCCC1)c1ccccc1C. The van der Waals surface area contributed by atoms with Crippen molar-refractivity contribution in [3.05, 3.63) is 35.4 Å². The quantitative estimate of drug-likeness (QED) is 0.451. The van der Waals surface area contributed by atoms with E-state index in [2.05, 4.69) is 10.6 Å². The number of rotatable bonds is 10. The summed E-state index contributed by atoms with van der Waals surface area (Å²) < 4.78 is 5.30. The molecule has 1 saturated carbocycles. The average Bonchev–Trinajstić information content (AvgIpc) is 2.78. The summed E-state index contributed by atoms with van der Waals surface area (Å²) in [5.74, 6) is -1.58. The fourth-order valence-corrected chi connectivity index (χ4v) is 4.53. The molecule has 0 saturated heterocycles. The van der Waals surface area contributed by atoms with Gasteiger partial charge in [-0.1, -0.05) is 50.5 Å². The fourth-order valence-electron chi connectivity index (χ4n) is 4.53. The van der Waals surface area contributed by atoms with Gasteiger partial charge in [-0.15, -0.1) is 0 Å². The Bertz CT molecular complexity index is 921. The highest BCUT2D eigenvalue weighted by atomic mass is 16.6. The molecule has 1 aromatic rings. The Morgan fingerprint density at radius 2 is 1.75 bits per heavy atom. The van der Waals surface area contributed by atoms with Crippen molar-refractivity contribution in [2.24, 2.45) is 5.73 Å². The topological polar surface area (TPSA) is 131 Å². The summed E-state index contributed by atoms with van der Waals surface area (Å²) >= 11 is 0. The van der Waals surface area contributed by atoms with Crippen LogP contribution in [-0.4, -0.2) is 52.9 Å². The molecule has 4 amide bonds. The molecule has 9 nitrogen and oxygen atoms in total. The van der Waals surface area contributed by atoms with E-state index in [1.54, 1.807) is 20.8 Å². The monoisotopic (exact) mass is 502 g/mol. The zero-order valence-corrected chi connectivity index (χ0v) is 22.3. The minimum absolute atomic E-state index is 0.0534. The Balaban J connectivity index is 2.43. The van der Waals surface area contributed by atoms with E-state index in [0.29, 0.717) is 12.0 Å². The van der Waals surface area contributed by atoms with Crippen LogP contribution in [0.5, 0.6) is 0 Å². The smallest absolute Gasteiger partial charge is 0.408 e. The van der Waals surface area contributed by atoms with E-state index in [-0.39, 0.29) is 18.5 Å². The second kappa shape index (κ2) is 13.3. The van der Waals surface area contributed by atoms with Crippen molar-refractivity contribution in [3.63, 3.8) is 0 Å². The predicted molar refractivity (Wildman–Crippen MR) is 138 cm³/mol. The minimum atomic E-state index is -1.27. The van der Waals surface area contributed by atoms with Crippen LogP contribution in [0.25, 0.3) is 0 Å². The maximum Gasteiger partial charge on any atom is 0.408 e. The van der Waals surface area contributed by atoms with Gasteiger partial charge in [-0.3, -0.25) is 14.4 Å². The molecule has 2 unspecified atom stereocenters. The molecule has 0 heterocycles. The van der Waals surface area contributed by atoms with Crippen LogP contribution in [0, 0.1) is 6.92 Å². The number of nitrogens with one attached hydrogen (secondary N) is 2. The first-order valence-electron chi connectivity index (χ1n) is 12.9. The van der Waals surface area contributed by atoms with Gasteiger partial charge in [0.15, 0.2) is 0 Å². The van der Waals surface area contributed by atoms with Gasteiger partial charge in [0.1, 0.15) is 17.7 Å². The molecule has 4 N–H and O–H groups in total. The normalized spacial score (nSPS) is 15.9. The molecule has 2 atom stereocenters. The highest BCUT2D eigenvalue weighted by molar-refractivity contribution is 5.94. The van der Waals surface area contributed by atoms with E-state index in [1.165, 1.54) is 4.90 Å². The maximum absolute atomic E-state index is 13.9. The van der Waals surface area contributed by atoms with Crippen LogP contribution in [0.4, 0.5) is 4.79 Å². The van der Waals surface area contributed by atoms with E-state index in [0.717, 1.165) is 37.7 Å². The van der Waals surface area contributed by atoms with Gasteiger partial charge in [0.25, 0.3) is 0 Å². The highest BCUT2D eigenvalue weighted by Gasteiger charge is 2.37. The van der Waals surface area contributed by atoms with Crippen LogP contribution < -0.4 is 16.4 Å². The molecule has 2 rings (SSSR count). The van der Waals surface area contributed by atoms with Gasteiger partial charge >= 0.3 is 6.09 Å². The standard InChI is InChI=1S/C27H42N4O5/c1-6-16-31(25(34)21(17-22(28)32)30-26(35)36-27(3,4)5)23(20-15-11-10-12-18(20)2)24(33)29-19-13-8-7-9-14-19/h10-12,15,19,21,23H,6-9,13-14,16-17H2,1-5H3,(H2,28,32)(H,29,33)(H,30,35). The molecule has 9 heteroatoms. The third kappa shape index (κ3) is 8.84. The van der Waals surface area contributed by atoms with Crippen molar-refractivity contribution < 1.29 is 23.9 Å². The van der Waals surface area contributed by atoms with Gasteiger partial charge in [-0.05, 0) is 58.1 Å². The van der Waals surface area contributed by atoms with Gasteiger partial charge in [0, 0.05) is 12.6 Å². The highest BCUT2D eigenvalue weighted by Crippen LogP contribution is 2.27. The van der Waals surface area contributed by atoms with Crippen molar-refractivity contribution >= 4 is 23.8 Å². The third-order valence-corrected chi connectivity index (χ3v) is 6.14. The molecule has 0 aromatic heterocycles. The molecule has 0 bridgehead atoms. The first-order chi connectivity index (χ1) is 16.9. The zero-order valence-electron chi connectivity index (χ0n) is 22.3. The summed E-state index contributed by atoms with van der Waals surface area (Å²) in [5, 5.41) is 5.65. The zero-order chi connectivity index (χ0) is 26.9. The lowest BCUT2D eigenvalue weighted by molar-refractivity contribution is -0.143. The maximum atomic E-state index is 13.9. The van der Waals surface area contributed by atoms with Crippen LogP contribution in [0.3, 0.4) is 0 Å². The van der Waals surface area contributed by atoms with Crippen LogP contribution >= 0.6 is 0 Å². The lowest BCUT2D eigenvalue weighted by Gasteiger charge is -2.36.